The Balaban J connectivity index is 1.22. The third-order valence-corrected chi connectivity index (χ3v) is 6.46. The normalized spacial score (nSPS) is 13.6. The van der Waals surface area contributed by atoms with E-state index in [0.717, 1.165) is 42.0 Å². The van der Waals surface area contributed by atoms with E-state index in [-0.39, 0.29) is 5.91 Å². The zero-order valence-electron chi connectivity index (χ0n) is 16.6. The predicted octanol–water partition coefficient (Wildman–Crippen LogP) is 5.26. The molecule has 156 valence electrons. The van der Waals surface area contributed by atoms with E-state index in [4.69, 9.17) is 4.74 Å². The molecule has 0 atom stereocenters. The summed E-state index contributed by atoms with van der Waals surface area (Å²) in [6.45, 7) is 3.33. The fraction of sp³-hybridized carbons (Fsp3) is 0.304. The summed E-state index contributed by atoms with van der Waals surface area (Å²) in [6.07, 6.45) is 2.01. The largest absolute Gasteiger partial charge is 0.494 e. The predicted molar refractivity (Wildman–Crippen MR) is 124 cm³/mol. The zero-order chi connectivity index (χ0) is 20.8. The molecule has 7 heteroatoms. The molecule has 1 amide bonds. The van der Waals surface area contributed by atoms with E-state index in [1.807, 2.05) is 30.3 Å². The molecule has 2 aromatic carbocycles. The smallest absolute Gasteiger partial charge is 0.226 e. The van der Waals surface area contributed by atoms with Crippen LogP contribution >= 0.6 is 27.3 Å². The number of hydrogen-bond acceptors (Lipinski definition) is 5. The summed E-state index contributed by atoms with van der Waals surface area (Å²) in [6, 6.07) is 18.2. The molecular weight excluding hydrogens is 462 g/mol. The van der Waals surface area contributed by atoms with Crippen molar-refractivity contribution in [2.24, 2.45) is 0 Å². The molecule has 1 aliphatic rings. The molecule has 2 heterocycles. The van der Waals surface area contributed by atoms with Gasteiger partial charge in [0.25, 0.3) is 0 Å². The second kappa shape index (κ2) is 10.2. The van der Waals surface area contributed by atoms with Crippen molar-refractivity contribution in [3.8, 4) is 5.75 Å². The average molecular weight is 486 g/mol. The maximum Gasteiger partial charge on any atom is 0.226 e. The van der Waals surface area contributed by atoms with E-state index < -0.39 is 0 Å². The van der Waals surface area contributed by atoms with Crippen molar-refractivity contribution >= 4 is 38.3 Å². The molecule has 30 heavy (non-hydrogen) atoms. The summed E-state index contributed by atoms with van der Waals surface area (Å²) in [5.41, 5.74) is 2.45. The van der Waals surface area contributed by atoms with E-state index in [1.165, 1.54) is 10.4 Å². The van der Waals surface area contributed by atoms with Gasteiger partial charge in [0, 0.05) is 41.8 Å². The number of amides is 1. The van der Waals surface area contributed by atoms with Crippen molar-refractivity contribution in [1.82, 2.24) is 9.88 Å². The topological polar surface area (TPSA) is 54.5 Å². The highest BCUT2D eigenvalue weighted by Gasteiger charge is 2.21. The Morgan fingerprint density at radius 2 is 1.97 bits per heavy atom. The number of fused-ring (bicyclic) bond motifs is 1. The van der Waals surface area contributed by atoms with Crippen molar-refractivity contribution in [1.29, 1.82) is 0 Å². The van der Waals surface area contributed by atoms with Gasteiger partial charge in [-0.2, -0.15) is 0 Å². The first-order chi connectivity index (χ1) is 14.7. The summed E-state index contributed by atoms with van der Waals surface area (Å²) < 4.78 is 6.69. The van der Waals surface area contributed by atoms with E-state index in [2.05, 4.69) is 55.4 Å². The Morgan fingerprint density at radius 1 is 1.17 bits per heavy atom. The molecule has 4 rings (SSSR count). The van der Waals surface area contributed by atoms with Crippen LogP contribution in [0.3, 0.4) is 0 Å². The lowest BCUT2D eigenvalue weighted by Crippen LogP contribution is -2.29. The SMILES string of the molecule is O=C(CCCOc1ccc(Br)cc1)Nc1nc2c(s1)CN(Cc1ccccc1)CC2. The maximum atomic E-state index is 12.3. The monoisotopic (exact) mass is 485 g/mol. The standard InChI is InChI=1S/C23H24BrN3O2S/c24-18-8-10-19(11-9-18)29-14-4-7-22(28)26-23-25-20-12-13-27(16-21(20)30-23)15-17-5-2-1-3-6-17/h1-3,5-6,8-11H,4,7,12-16H2,(H,25,26,28). The molecule has 5 nitrogen and oxygen atoms in total. The summed E-state index contributed by atoms with van der Waals surface area (Å²) in [5.74, 6) is 0.799. The highest BCUT2D eigenvalue weighted by molar-refractivity contribution is 9.10. The lowest BCUT2D eigenvalue weighted by molar-refractivity contribution is -0.116. The van der Waals surface area contributed by atoms with E-state index in [1.54, 1.807) is 11.3 Å². The number of nitrogens with zero attached hydrogens (tertiary/aromatic N) is 2. The molecule has 3 aromatic rings. The average Bonchev–Trinajstić information content (AvgIpc) is 3.14. The van der Waals surface area contributed by atoms with Gasteiger partial charge in [-0.3, -0.25) is 9.69 Å². The van der Waals surface area contributed by atoms with Gasteiger partial charge in [0.2, 0.25) is 5.91 Å². The summed E-state index contributed by atoms with van der Waals surface area (Å²) in [7, 11) is 0. The molecule has 0 saturated heterocycles. The fourth-order valence-electron chi connectivity index (χ4n) is 3.41. The third-order valence-electron chi connectivity index (χ3n) is 4.94. The van der Waals surface area contributed by atoms with Crippen LogP contribution in [0.5, 0.6) is 5.75 Å². The first kappa shape index (κ1) is 21.0. The van der Waals surface area contributed by atoms with Crippen LogP contribution in [0, 0.1) is 0 Å². The van der Waals surface area contributed by atoms with Crippen molar-refractivity contribution in [3.63, 3.8) is 0 Å². The molecule has 0 aliphatic carbocycles. The molecule has 0 radical (unpaired) electrons. The Bertz CT molecular complexity index is 976. The summed E-state index contributed by atoms with van der Waals surface area (Å²) in [4.78, 5) is 20.6. The highest BCUT2D eigenvalue weighted by atomic mass is 79.9. The fourth-order valence-corrected chi connectivity index (χ4v) is 4.74. The van der Waals surface area contributed by atoms with Crippen LogP contribution in [0.25, 0.3) is 0 Å². The number of rotatable bonds is 8. The van der Waals surface area contributed by atoms with E-state index in [9.17, 15) is 4.79 Å². The second-order valence-electron chi connectivity index (χ2n) is 7.29. The lowest BCUT2D eigenvalue weighted by atomic mass is 10.1. The lowest BCUT2D eigenvalue weighted by Gasteiger charge is -2.25. The van der Waals surface area contributed by atoms with Gasteiger partial charge in [-0.15, -0.1) is 11.3 Å². The van der Waals surface area contributed by atoms with Crippen LogP contribution in [0.15, 0.2) is 59.1 Å². The summed E-state index contributed by atoms with van der Waals surface area (Å²) in [5, 5.41) is 3.67. The van der Waals surface area contributed by atoms with Crippen molar-refractivity contribution in [2.45, 2.75) is 32.4 Å². The van der Waals surface area contributed by atoms with Gasteiger partial charge in [-0.25, -0.2) is 4.98 Å². The highest BCUT2D eigenvalue weighted by Crippen LogP contribution is 2.29. The molecule has 0 unspecified atom stereocenters. The van der Waals surface area contributed by atoms with E-state index >= 15 is 0 Å². The van der Waals surface area contributed by atoms with Crippen LogP contribution in [-0.2, 0) is 24.3 Å². The van der Waals surface area contributed by atoms with E-state index in [0.29, 0.717) is 24.6 Å². The molecule has 0 saturated carbocycles. The maximum absolute atomic E-state index is 12.3. The number of hydrogen-bond donors (Lipinski definition) is 1. The number of thiazole rings is 1. The first-order valence-electron chi connectivity index (χ1n) is 10.1. The van der Waals surface area contributed by atoms with Gasteiger partial charge in [-0.05, 0) is 36.2 Å². The van der Waals surface area contributed by atoms with Gasteiger partial charge >= 0.3 is 0 Å². The van der Waals surface area contributed by atoms with Gasteiger partial charge in [0.05, 0.1) is 12.3 Å². The van der Waals surface area contributed by atoms with Gasteiger partial charge < -0.3 is 10.1 Å². The minimum absolute atomic E-state index is 0.0124. The van der Waals surface area contributed by atoms with Crippen LogP contribution in [0.4, 0.5) is 5.13 Å². The number of carbonyl (C=O) groups is 1. The van der Waals surface area contributed by atoms with Crippen LogP contribution < -0.4 is 10.1 Å². The summed E-state index contributed by atoms with van der Waals surface area (Å²) >= 11 is 5.00. The van der Waals surface area contributed by atoms with Crippen LogP contribution in [-0.4, -0.2) is 28.9 Å². The number of carbonyl (C=O) groups excluding carboxylic acids is 1. The van der Waals surface area contributed by atoms with Gasteiger partial charge in [-0.1, -0.05) is 46.3 Å². The van der Waals surface area contributed by atoms with Crippen molar-refractivity contribution in [3.05, 3.63) is 75.2 Å². The first-order valence-corrected chi connectivity index (χ1v) is 11.7. The molecule has 1 aromatic heterocycles. The molecule has 0 spiro atoms. The van der Waals surface area contributed by atoms with Crippen molar-refractivity contribution in [2.75, 3.05) is 18.5 Å². The minimum atomic E-state index is -0.0124. The minimum Gasteiger partial charge on any atom is -0.494 e. The Hall–Kier alpha value is -2.22. The number of aromatic nitrogens is 1. The second-order valence-corrected chi connectivity index (χ2v) is 9.29. The molecule has 0 fully saturated rings. The Kier molecular flexibility index (Phi) is 7.15. The molecule has 1 N–H and O–H groups in total. The van der Waals surface area contributed by atoms with Gasteiger partial charge in [0.15, 0.2) is 5.13 Å². The zero-order valence-corrected chi connectivity index (χ0v) is 19.0. The Morgan fingerprint density at radius 3 is 2.77 bits per heavy atom. The van der Waals surface area contributed by atoms with Crippen LogP contribution in [0.2, 0.25) is 0 Å². The molecule has 1 aliphatic heterocycles. The van der Waals surface area contributed by atoms with Crippen molar-refractivity contribution < 1.29 is 9.53 Å². The Labute approximate surface area is 189 Å². The third kappa shape index (κ3) is 5.90. The quantitative estimate of drug-likeness (QED) is 0.442. The number of benzene rings is 2. The number of anilines is 1. The van der Waals surface area contributed by atoms with Gasteiger partial charge in [0.1, 0.15) is 5.75 Å². The molecular formula is C23H24BrN3O2S. The van der Waals surface area contributed by atoms with Crippen LogP contribution in [0.1, 0.15) is 29.0 Å². The number of ether oxygens (including phenoxy) is 1. The number of halogens is 1. The number of nitrogens with one attached hydrogen (secondary N) is 1. The molecule has 0 bridgehead atoms.